The smallest absolute Gasteiger partial charge is 0.322 e. The number of urea groups is 1. The second kappa shape index (κ2) is 10.8. The van der Waals surface area contributed by atoms with Gasteiger partial charge in [-0.3, -0.25) is 4.79 Å². The summed E-state index contributed by atoms with van der Waals surface area (Å²) in [6.07, 6.45) is 0. The van der Waals surface area contributed by atoms with E-state index in [1.54, 1.807) is 18.1 Å². The molecule has 7 nitrogen and oxygen atoms in total. The first-order valence-corrected chi connectivity index (χ1v) is 10.8. The molecular weight excluding hydrogens is 406 g/mol. The molecule has 0 unspecified atom stereocenters. The van der Waals surface area contributed by atoms with E-state index in [9.17, 15) is 9.59 Å². The van der Waals surface area contributed by atoms with Crippen molar-refractivity contribution in [2.75, 3.05) is 32.2 Å². The third-order valence-electron chi connectivity index (χ3n) is 5.25. The van der Waals surface area contributed by atoms with Crippen molar-refractivity contribution in [2.45, 2.75) is 33.2 Å². The number of nitrogens with one attached hydrogen (secondary N) is 2. The number of benzene rings is 2. The van der Waals surface area contributed by atoms with Gasteiger partial charge in [-0.25, -0.2) is 4.79 Å². The van der Waals surface area contributed by atoms with Crippen molar-refractivity contribution < 1.29 is 14.3 Å². The topological polar surface area (TPSA) is 83.7 Å². The summed E-state index contributed by atoms with van der Waals surface area (Å²) >= 11 is 0. The first kappa shape index (κ1) is 23.3. The summed E-state index contributed by atoms with van der Waals surface area (Å²) in [4.78, 5) is 30.1. The summed E-state index contributed by atoms with van der Waals surface area (Å²) in [6.45, 7) is 7.60. The van der Waals surface area contributed by atoms with E-state index in [0.717, 1.165) is 16.7 Å². The van der Waals surface area contributed by atoms with Crippen LogP contribution in [0.1, 0.15) is 37.8 Å². The van der Waals surface area contributed by atoms with E-state index in [1.807, 2.05) is 49.4 Å². The number of aromatic amines is 1. The Bertz CT molecular complexity index is 1110. The molecule has 0 aliphatic carbocycles. The maximum atomic E-state index is 13.0. The fraction of sp³-hybridized carbons (Fsp3) is 0.360. The molecule has 3 rings (SSSR count). The molecule has 2 N–H and O–H groups in total. The normalized spacial score (nSPS) is 11.0. The standard InChI is InChI=1S/C25H31N3O4/c1-5-32-22-10-11-23-19(15-22)14-20(24(29)27-23)16-28(12-13-31-4)25(30)26-21-8-6-18(7-9-21)17(2)3/h6-11,14-15,17H,5,12-13,16H2,1-4H3,(H,26,30)(H,27,29). The predicted octanol–water partition coefficient (Wildman–Crippen LogP) is 4.73. The molecule has 0 spiro atoms. The average Bonchev–Trinajstić information content (AvgIpc) is 2.77. The Morgan fingerprint density at radius 2 is 1.88 bits per heavy atom. The molecule has 1 aromatic heterocycles. The number of fused-ring (bicyclic) bond motifs is 1. The number of carbonyl (C=O) groups excluding carboxylic acids is 1. The molecule has 0 aliphatic rings. The summed E-state index contributed by atoms with van der Waals surface area (Å²) in [5, 5.41) is 3.77. The SMILES string of the molecule is CCOc1ccc2[nH]c(=O)c(CN(CCOC)C(=O)Nc3ccc(C(C)C)cc3)cc2c1. The number of aromatic nitrogens is 1. The Kier molecular flexibility index (Phi) is 7.89. The summed E-state index contributed by atoms with van der Waals surface area (Å²) in [6, 6.07) is 14.8. The molecule has 0 radical (unpaired) electrons. The number of methoxy groups -OCH3 is 1. The van der Waals surface area contributed by atoms with Gasteiger partial charge < -0.3 is 24.7 Å². The van der Waals surface area contributed by atoms with Crippen LogP contribution in [-0.4, -0.2) is 42.8 Å². The third kappa shape index (κ3) is 5.88. The summed E-state index contributed by atoms with van der Waals surface area (Å²) in [5.41, 5.74) is 2.90. The monoisotopic (exact) mass is 437 g/mol. The molecule has 170 valence electrons. The summed E-state index contributed by atoms with van der Waals surface area (Å²) in [7, 11) is 1.58. The van der Waals surface area contributed by atoms with Gasteiger partial charge in [0.15, 0.2) is 0 Å². The number of H-pyrrole nitrogens is 1. The van der Waals surface area contributed by atoms with Crippen LogP contribution in [-0.2, 0) is 11.3 Å². The number of carbonyl (C=O) groups is 1. The lowest BCUT2D eigenvalue weighted by molar-refractivity contribution is 0.152. The van der Waals surface area contributed by atoms with Gasteiger partial charge in [0.25, 0.3) is 5.56 Å². The van der Waals surface area contributed by atoms with Crippen LogP contribution in [0.3, 0.4) is 0 Å². The van der Waals surface area contributed by atoms with E-state index in [-0.39, 0.29) is 18.1 Å². The van der Waals surface area contributed by atoms with Gasteiger partial charge in [-0.15, -0.1) is 0 Å². The molecule has 0 atom stereocenters. The Hall–Kier alpha value is -3.32. The number of hydrogen-bond donors (Lipinski definition) is 2. The van der Waals surface area contributed by atoms with Crippen LogP contribution in [0.4, 0.5) is 10.5 Å². The number of pyridine rings is 1. The average molecular weight is 438 g/mol. The number of amides is 2. The van der Waals surface area contributed by atoms with Gasteiger partial charge in [-0.05, 0) is 54.8 Å². The second-order valence-corrected chi connectivity index (χ2v) is 7.93. The molecule has 0 saturated heterocycles. The number of ether oxygens (including phenoxy) is 2. The van der Waals surface area contributed by atoms with Crippen molar-refractivity contribution in [1.82, 2.24) is 9.88 Å². The fourth-order valence-electron chi connectivity index (χ4n) is 3.42. The van der Waals surface area contributed by atoms with Gasteiger partial charge >= 0.3 is 6.03 Å². The van der Waals surface area contributed by atoms with Gasteiger partial charge in [0.05, 0.1) is 19.8 Å². The Morgan fingerprint density at radius 3 is 2.53 bits per heavy atom. The molecule has 0 aliphatic heterocycles. The van der Waals surface area contributed by atoms with Gasteiger partial charge in [-0.1, -0.05) is 26.0 Å². The Balaban J connectivity index is 1.82. The van der Waals surface area contributed by atoms with E-state index < -0.39 is 0 Å². The van der Waals surface area contributed by atoms with Crippen LogP contribution >= 0.6 is 0 Å². The lowest BCUT2D eigenvalue weighted by atomic mass is 10.0. The van der Waals surface area contributed by atoms with E-state index >= 15 is 0 Å². The lowest BCUT2D eigenvalue weighted by Crippen LogP contribution is -2.38. The predicted molar refractivity (Wildman–Crippen MR) is 128 cm³/mol. The van der Waals surface area contributed by atoms with E-state index in [0.29, 0.717) is 36.9 Å². The molecule has 0 saturated carbocycles. The van der Waals surface area contributed by atoms with Crippen molar-refractivity contribution in [1.29, 1.82) is 0 Å². The van der Waals surface area contributed by atoms with Gasteiger partial charge in [-0.2, -0.15) is 0 Å². The minimum absolute atomic E-state index is 0.156. The fourth-order valence-corrected chi connectivity index (χ4v) is 3.42. The van der Waals surface area contributed by atoms with E-state index in [2.05, 4.69) is 24.1 Å². The molecule has 3 aromatic rings. The highest BCUT2D eigenvalue weighted by Crippen LogP contribution is 2.20. The van der Waals surface area contributed by atoms with Crippen molar-refractivity contribution in [3.05, 3.63) is 70.0 Å². The molecule has 0 fully saturated rings. The molecule has 2 aromatic carbocycles. The lowest BCUT2D eigenvalue weighted by Gasteiger charge is -2.23. The van der Waals surface area contributed by atoms with Gasteiger partial charge in [0, 0.05) is 35.8 Å². The highest BCUT2D eigenvalue weighted by Gasteiger charge is 2.17. The van der Waals surface area contributed by atoms with Crippen molar-refractivity contribution >= 4 is 22.6 Å². The molecule has 2 amide bonds. The van der Waals surface area contributed by atoms with Gasteiger partial charge in [0.2, 0.25) is 0 Å². The quantitative estimate of drug-likeness (QED) is 0.507. The maximum Gasteiger partial charge on any atom is 0.322 e. The zero-order valence-corrected chi connectivity index (χ0v) is 19.1. The molecule has 0 bridgehead atoms. The highest BCUT2D eigenvalue weighted by molar-refractivity contribution is 5.89. The minimum atomic E-state index is -0.290. The zero-order valence-electron chi connectivity index (χ0n) is 19.1. The van der Waals surface area contributed by atoms with Crippen LogP contribution in [0.2, 0.25) is 0 Å². The second-order valence-electron chi connectivity index (χ2n) is 7.93. The number of hydrogen-bond acceptors (Lipinski definition) is 4. The Labute approximate surface area is 188 Å². The number of nitrogens with zero attached hydrogens (tertiary/aromatic N) is 1. The molecule has 7 heteroatoms. The number of anilines is 1. The highest BCUT2D eigenvalue weighted by atomic mass is 16.5. The van der Waals surface area contributed by atoms with E-state index in [1.165, 1.54) is 5.56 Å². The van der Waals surface area contributed by atoms with Crippen LogP contribution in [0.25, 0.3) is 10.9 Å². The van der Waals surface area contributed by atoms with Crippen LogP contribution in [0.15, 0.2) is 53.3 Å². The first-order valence-electron chi connectivity index (χ1n) is 10.8. The van der Waals surface area contributed by atoms with Crippen LogP contribution in [0, 0.1) is 0 Å². The zero-order chi connectivity index (χ0) is 23.1. The summed E-state index contributed by atoms with van der Waals surface area (Å²) < 4.78 is 10.7. The van der Waals surface area contributed by atoms with Crippen molar-refractivity contribution in [3.63, 3.8) is 0 Å². The number of rotatable bonds is 9. The molecule has 32 heavy (non-hydrogen) atoms. The first-order chi connectivity index (χ1) is 15.4. The van der Waals surface area contributed by atoms with Crippen LogP contribution in [0.5, 0.6) is 5.75 Å². The van der Waals surface area contributed by atoms with Crippen LogP contribution < -0.4 is 15.6 Å². The van der Waals surface area contributed by atoms with Crippen molar-refractivity contribution in [2.24, 2.45) is 0 Å². The largest absolute Gasteiger partial charge is 0.494 e. The maximum absolute atomic E-state index is 13.0. The van der Waals surface area contributed by atoms with Gasteiger partial charge in [0.1, 0.15) is 5.75 Å². The third-order valence-corrected chi connectivity index (χ3v) is 5.25. The molecule has 1 heterocycles. The Morgan fingerprint density at radius 1 is 1.12 bits per heavy atom. The van der Waals surface area contributed by atoms with Crippen molar-refractivity contribution in [3.8, 4) is 5.75 Å². The van der Waals surface area contributed by atoms with E-state index in [4.69, 9.17) is 9.47 Å². The molecular formula is C25H31N3O4. The minimum Gasteiger partial charge on any atom is -0.494 e. The summed E-state index contributed by atoms with van der Waals surface area (Å²) in [5.74, 6) is 1.15.